The number of piperidine rings is 1. The Morgan fingerprint density at radius 2 is 1.97 bits per heavy atom. The van der Waals surface area contributed by atoms with E-state index in [1.165, 1.54) is 12.1 Å². The van der Waals surface area contributed by atoms with E-state index in [9.17, 15) is 23.1 Å². The van der Waals surface area contributed by atoms with Gasteiger partial charge in [0.2, 0.25) is 0 Å². The van der Waals surface area contributed by atoms with Crippen LogP contribution in [0.3, 0.4) is 0 Å². The molecule has 3 heterocycles. The number of fused-ring (bicyclic) bond motifs is 2. The van der Waals surface area contributed by atoms with Crippen LogP contribution >= 0.6 is 0 Å². The highest BCUT2D eigenvalue weighted by atomic mass is 19.4. The number of alkyl halides is 3. The first-order chi connectivity index (χ1) is 16.7. The molecule has 2 fully saturated rings. The fraction of sp³-hybridized carbons (Fsp3) is 0.346. The molecule has 0 saturated carbocycles. The van der Waals surface area contributed by atoms with Gasteiger partial charge in [-0.15, -0.1) is 0 Å². The number of anilines is 1. The quantitative estimate of drug-likeness (QED) is 0.611. The molecule has 1 amide bonds. The molecule has 1 N–H and O–H groups in total. The van der Waals surface area contributed by atoms with Crippen LogP contribution in [0.5, 0.6) is 0 Å². The third-order valence-electron chi connectivity index (χ3n) is 7.35. The molecule has 1 aromatic heterocycles. The summed E-state index contributed by atoms with van der Waals surface area (Å²) >= 11 is 0. The first-order valence-electron chi connectivity index (χ1n) is 11.4. The second kappa shape index (κ2) is 8.54. The van der Waals surface area contributed by atoms with E-state index in [2.05, 4.69) is 4.98 Å². The molecule has 0 bridgehead atoms. The second-order valence-corrected chi connectivity index (χ2v) is 9.33. The average molecular weight is 480 g/mol. The van der Waals surface area contributed by atoms with Crippen LogP contribution in [0, 0.1) is 22.7 Å². The van der Waals surface area contributed by atoms with E-state index in [0.717, 1.165) is 17.0 Å². The Kier molecular flexibility index (Phi) is 5.64. The van der Waals surface area contributed by atoms with Gasteiger partial charge in [-0.05, 0) is 36.8 Å². The van der Waals surface area contributed by atoms with Gasteiger partial charge in [-0.25, -0.2) is 4.98 Å². The van der Waals surface area contributed by atoms with E-state index in [4.69, 9.17) is 5.26 Å². The fourth-order valence-electron chi connectivity index (χ4n) is 5.34. The zero-order valence-electron chi connectivity index (χ0n) is 18.8. The zero-order valence-corrected chi connectivity index (χ0v) is 18.8. The molecule has 0 radical (unpaired) electrons. The van der Waals surface area contributed by atoms with E-state index in [0.29, 0.717) is 44.0 Å². The van der Waals surface area contributed by atoms with Gasteiger partial charge in [-0.1, -0.05) is 24.3 Å². The largest absolute Gasteiger partial charge is 0.417 e. The van der Waals surface area contributed by atoms with Crippen LogP contribution in [0.15, 0.2) is 54.6 Å². The molecule has 6 nitrogen and oxygen atoms in total. The summed E-state index contributed by atoms with van der Waals surface area (Å²) in [5.74, 6) is -0.335. The maximum Gasteiger partial charge on any atom is 0.417 e. The lowest BCUT2D eigenvalue weighted by molar-refractivity contribution is -0.137. The topological polar surface area (TPSA) is 80.5 Å². The lowest BCUT2D eigenvalue weighted by Gasteiger charge is -2.43. The number of aromatic nitrogens is 1. The maximum atomic E-state index is 13.5. The van der Waals surface area contributed by atoms with Gasteiger partial charge in [0.05, 0.1) is 29.3 Å². The number of aliphatic hydroxyl groups excluding tert-OH is 1. The highest BCUT2D eigenvalue weighted by molar-refractivity contribution is 5.95. The van der Waals surface area contributed by atoms with E-state index in [1.54, 1.807) is 17.0 Å². The van der Waals surface area contributed by atoms with Gasteiger partial charge < -0.3 is 14.9 Å². The minimum Gasteiger partial charge on any atom is -0.396 e. The Labute approximate surface area is 200 Å². The first kappa shape index (κ1) is 23.1. The third kappa shape index (κ3) is 4.08. The fourth-order valence-corrected chi connectivity index (χ4v) is 5.34. The number of halogens is 3. The number of nitrogens with zero attached hydrogens (tertiary/aromatic N) is 4. The smallest absolute Gasteiger partial charge is 0.396 e. The summed E-state index contributed by atoms with van der Waals surface area (Å²) in [4.78, 5) is 21.3. The molecule has 5 rings (SSSR count). The van der Waals surface area contributed by atoms with Gasteiger partial charge >= 0.3 is 6.18 Å². The Bertz CT molecular complexity index is 1340. The molecular formula is C26H23F3N4O2. The predicted octanol–water partition coefficient (Wildman–Crippen LogP) is 4.09. The standard InChI is InChI=1S/C26H23F3N4O2/c27-26(28,29)21-11-20(7-5-18(21)12-30)32-10-9-25(16-34)15-33(14-19(25)13-32)24(35)23-8-6-17-3-1-2-4-22(17)31-23/h1-8,11,19,34H,9-10,13-16H2/t19-,25+/m1/s1. The number of rotatable bonds is 3. The maximum absolute atomic E-state index is 13.5. The van der Waals surface area contributed by atoms with Crippen molar-refractivity contribution in [1.82, 2.24) is 9.88 Å². The van der Waals surface area contributed by atoms with E-state index >= 15 is 0 Å². The van der Waals surface area contributed by atoms with Gasteiger partial charge in [0.1, 0.15) is 5.69 Å². The molecule has 0 aliphatic carbocycles. The van der Waals surface area contributed by atoms with Crippen LogP contribution in [-0.4, -0.2) is 53.7 Å². The summed E-state index contributed by atoms with van der Waals surface area (Å²) in [6, 6.07) is 16.4. The van der Waals surface area contributed by atoms with E-state index in [1.807, 2.05) is 35.2 Å². The predicted molar refractivity (Wildman–Crippen MR) is 124 cm³/mol. The molecule has 3 aromatic rings. The molecule has 0 spiro atoms. The Hall–Kier alpha value is -3.64. The number of nitriles is 1. The average Bonchev–Trinajstić information content (AvgIpc) is 3.26. The Morgan fingerprint density at radius 3 is 2.71 bits per heavy atom. The van der Waals surface area contributed by atoms with E-state index in [-0.39, 0.29) is 18.4 Å². The van der Waals surface area contributed by atoms with Crippen LogP contribution in [0.1, 0.15) is 28.0 Å². The SMILES string of the molecule is N#Cc1ccc(N2CC[C@@]3(CO)CN(C(=O)c4ccc5ccccc5n4)C[C@H]3C2)cc1C(F)(F)F. The number of hydrogen-bond acceptors (Lipinski definition) is 5. The van der Waals surface area contributed by atoms with Crippen LogP contribution in [0.2, 0.25) is 0 Å². The van der Waals surface area contributed by atoms with Crippen molar-refractivity contribution in [3.8, 4) is 6.07 Å². The summed E-state index contributed by atoms with van der Waals surface area (Å²) in [6.07, 6.45) is -4.10. The third-order valence-corrected chi connectivity index (χ3v) is 7.35. The zero-order chi connectivity index (χ0) is 24.8. The normalized spacial score (nSPS) is 22.2. The van der Waals surface area contributed by atoms with Gasteiger partial charge in [-0.2, -0.15) is 18.4 Å². The van der Waals surface area contributed by atoms with Crippen molar-refractivity contribution in [2.24, 2.45) is 11.3 Å². The Balaban J connectivity index is 1.38. The molecular weight excluding hydrogens is 457 g/mol. The molecule has 9 heteroatoms. The number of amides is 1. The van der Waals surface area contributed by atoms with E-state index < -0.39 is 22.7 Å². The highest BCUT2D eigenvalue weighted by Gasteiger charge is 2.50. The van der Waals surface area contributed by atoms with Gasteiger partial charge in [0.25, 0.3) is 5.91 Å². The van der Waals surface area contributed by atoms with Crippen molar-refractivity contribution in [2.45, 2.75) is 12.6 Å². The molecule has 2 aromatic carbocycles. The number of aliphatic hydroxyl groups is 1. The van der Waals surface area contributed by atoms with Gasteiger partial charge in [-0.3, -0.25) is 4.79 Å². The summed E-state index contributed by atoms with van der Waals surface area (Å²) in [5, 5.41) is 20.3. The van der Waals surface area contributed by atoms with Crippen molar-refractivity contribution >= 4 is 22.5 Å². The molecule has 2 saturated heterocycles. The number of carbonyl (C=O) groups excluding carboxylic acids is 1. The van der Waals surface area contributed by atoms with Crippen LogP contribution in [0.25, 0.3) is 10.9 Å². The number of benzene rings is 2. The highest BCUT2D eigenvalue weighted by Crippen LogP contribution is 2.44. The Morgan fingerprint density at radius 1 is 1.17 bits per heavy atom. The van der Waals surface area contributed by atoms with Crippen molar-refractivity contribution in [1.29, 1.82) is 5.26 Å². The molecule has 180 valence electrons. The molecule has 0 unspecified atom stereocenters. The molecule has 35 heavy (non-hydrogen) atoms. The lowest BCUT2D eigenvalue weighted by Crippen LogP contribution is -2.49. The molecule has 2 aliphatic rings. The molecule has 2 aliphatic heterocycles. The number of para-hydroxylation sites is 1. The minimum atomic E-state index is -4.63. The van der Waals surface area contributed by atoms with Crippen LogP contribution in [0.4, 0.5) is 18.9 Å². The summed E-state index contributed by atoms with van der Waals surface area (Å²) in [7, 11) is 0. The second-order valence-electron chi connectivity index (χ2n) is 9.33. The first-order valence-corrected chi connectivity index (χ1v) is 11.4. The van der Waals surface area contributed by atoms with Crippen molar-refractivity contribution in [3.05, 3.63) is 71.4 Å². The van der Waals surface area contributed by atoms with Crippen molar-refractivity contribution in [3.63, 3.8) is 0 Å². The van der Waals surface area contributed by atoms with Crippen molar-refractivity contribution in [2.75, 3.05) is 37.7 Å². The summed E-state index contributed by atoms with van der Waals surface area (Å²) in [6.45, 7) is 1.49. The molecule has 2 atom stereocenters. The number of carbonyl (C=O) groups is 1. The summed E-state index contributed by atoms with van der Waals surface area (Å²) < 4.78 is 40.4. The van der Waals surface area contributed by atoms with Gasteiger partial charge in [0.15, 0.2) is 0 Å². The lowest BCUT2D eigenvalue weighted by atomic mass is 9.73. The number of likely N-dealkylation sites (tertiary alicyclic amines) is 1. The van der Waals surface area contributed by atoms with Crippen LogP contribution in [-0.2, 0) is 6.18 Å². The summed E-state index contributed by atoms with van der Waals surface area (Å²) in [5.41, 5.74) is -0.453. The minimum absolute atomic E-state index is 0.110. The van der Waals surface area contributed by atoms with Gasteiger partial charge in [0, 0.05) is 48.6 Å². The van der Waals surface area contributed by atoms with Crippen molar-refractivity contribution < 1.29 is 23.1 Å². The monoisotopic (exact) mass is 480 g/mol. The van der Waals surface area contributed by atoms with Crippen LogP contribution < -0.4 is 4.90 Å². The number of pyridine rings is 1. The number of hydrogen-bond donors (Lipinski definition) is 1.